The van der Waals surface area contributed by atoms with E-state index in [1.54, 1.807) is 0 Å². The molecule has 88 valence electrons. The second-order valence-corrected chi connectivity index (χ2v) is 5.13. The molecule has 1 aromatic carbocycles. The van der Waals surface area contributed by atoms with Crippen LogP contribution in [0.1, 0.15) is 36.6 Å². The van der Waals surface area contributed by atoms with Crippen molar-refractivity contribution in [3.05, 3.63) is 47.3 Å². The lowest BCUT2D eigenvalue weighted by Gasteiger charge is -2.27. The molecule has 0 fully saturated rings. The molecule has 2 N–H and O–H groups in total. The van der Waals surface area contributed by atoms with Gasteiger partial charge in [-0.2, -0.15) is 0 Å². The van der Waals surface area contributed by atoms with E-state index in [2.05, 4.69) is 43.3 Å². The number of fused-ring (bicyclic) bond motifs is 1. The Balaban J connectivity index is 2.12. The Bertz CT molecular complexity index is 561. The topological polar surface area (TPSA) is 52.0 Å². The molecule has 0 aliphatic heterocycles. The van der Waals surface area contributed by atoms with E-state index < -0.39 is 0 Å². The summed E-state index contributed by atoms with van der Waals surface area (Å²) in [5.41, 5.74) is 10.2. The SMILES string of the molecule is CC1c2ccccc2CC1(C)c1nocc1N. The first kappa shape index (κ1) is 10.4. The molecule has 0 saturated carbocycles. The molecule has 0 amide bonds. The maximum absolute atomic E-state index is 5.95. The van der Waals surface area contributed by atoms with Crippen LogP contribution < -0.4 is 5.73 Å². The predicted octanol–water partition coefficient (Wildman–Crippen LogP) is 2.87. The zero-order valence-corrected chi connectivity index (χ0v) is 10.1. The summed E-state index contributed by atoms with van der Waals surface area (Å²) in [4.78, 5) is 0. The van der Waals surface area contributed by atoms with Gasteiger partial charge in [0.1, 0.15) is 12.0 Å². The van der Waals surface area contributed by atoms with Gasteiger partial charge in [-0.1, -0.05) is 43.3 Å². The first-order valence-electron chi connectivity index (χ1n) is 5.91. The van der Waals surface area contributed by atoms with Crippen molar-refractivity contribution < 1.29 is 4.52 Å². The van der Waals surface area contributed by atoms with Gasteiger partial charge in [-0.3, -0.25) is 0 Å². The number of nitrogen functional groups attached to an aromatic ring is 1. The Morgan fingerprint density at radius 2 is 2.18 bits per heavy atom. The van der Waals surface area contributed by atoms with E-state index in [1.165, 1.54) is 17.4 Å². The fourth-order valence-electron chi connectivity index (χ4n) is 2.98. The van der Waals surface area contributed by atoms with Gasteiger partial charge in [-0.25, -0.2) is 0 Å². The summed E-state index contributed by atoms with van der Waals surface area (Å²) in [7, 11) is 0. The molecular formula is C14H16N2O. The summed E-state index contributed by atoms with van der Waals surface area (Å²) in [6, 6.07) is 8.56. The van der Waals surface area contributed by atoms with E-state index in [1.807, 2.05) is 0 Å². The lowest BCUT2D eigenvalue weighted by Crippen LogP contribution is -2.27. The molecule has 17 heavy (non-hydrogen) atoms. The van der Waals surface area contributed by atoms with Gasteiger partial charge >= 0.3 is 0 Å². The maximum atomic E-state index is 5.95. The van der Waals surface area contributed by atoms with E-state index in [9.17, 15) is 0 Å². The van der Waals surface area contributed by atoms with Gasteiger partial charge in [-0.15, -0.1) is 0 Å². The van der Waals surface area contributed by atoms with Crippen LogP contribution in [0.5, 0.6) is 0 Å². The summed E-state index contributed by atoms with van der Waals surface area (Å²) in [5.74, 6) is 0.408. The minimum absolute atomic E-state index is 0.0548. The average molecular weight is 228 g/mol. The van der Waals surface area contributed by atoms with Crippen molar-refractivity contribution in [3.63, 3.8) is 0 Å². The predicted molar refractivity (Wildman–Crippen MR) is 66.8 cm³/mol. The molecule has 2 atom stereocenters. The van der Waals surface area contributed by atoms with Crippen molar-refractivity contribution in [2.24, 2.45) is 0 Å². The molecule has 0 bridgehead atoms. The number of hydrogen-bond donors (Lipinski definition) is 1. The highest BCUT2D eigenvalue weighted by atomic mass is 16.5. The Kier molecular flexibility index (Phi) is 2.05. The molecule has 2 unspecified atom stereocenters. The van der Waals surface area contributed by atoms with Crippen molar-refractivity contribution in [3.8, 4) is 0 Å². The van der Waals surface area contributed by atoms with Gasteiger partial charge < -0.3 is 10.3 Å². The van der Waals surface area contributed by atoms with Gasteiger partial charge in [0.2, 0.25) is 0 Å². The van der Waals surface area contributed by atoms with Crippen LogP contribution in [-0.4, -0.2) is 5.16 Å². The third kappa shape index (κ3) is 1.32. The summed E-state index contributed by atoms with van der Waals surface area (Å²) in [5, 5.41) is 4.10. The molecule has 0 radical (unpaired) electrons. The van der Waals surface area contributed by atoms with Crippen molar-refractivity contribution in [1.29, 1.82) is 0 Å². The van der Waals surface area contributed by atoms with E-state index in [0.29, 0.717) is 11.6 Å². The van der Waals surface area contributed by atoms with Crippen LogP contribution in [0.3, 0.4) is 0 Å². The van der Waals surface area contributed by atoms with Crippen molar-refractivity contribution in [2.45, 2.75) is 31.6 Å². The number of hydrogen-bond acceptors (Lipinski definition) is 3. The minimum Gasteiger partial charge on any atom is -0.395 e. The van der Waals surface area contributed by atoms with Crippen LogP contribution in [0, 0.1) is 0 Å². The quantitative estimate of drug-likeness (QED) is 0.816. The summed E-state index contributed by atoms with van der Waals surface area (Å²) < 4.78 is 5.00. The molecule has 1 aromatic heterocycles. The highest BCUT2D eigenvalue weighted by Gasteiger charge is 2.44. The number of nitrogens with zero attached hydrogens (tertiary/aromatic N) is 1. The Morgan fingerprint density at radius 1 is 1.41 bits per heavy atom. The number of anilines is 1. The average Bonchev–Trinajstić information content (AvgIpc) is 2.84. The fourth-order valence-corrected chi connectivity index (χ4v) is 2.98. The molecule has 3 nitrogen and oxygen atoms in total. The summed E-state index contributed by atoms with van der Waals surface area (Å²) in [6.07, 6.45) is 2.50. The van der Waals surface area contributed by atoms with Gasteiger partial charge in [0.25, 0.3) is 0 Å². The lowest BCUT2D eigenvalue weighted by atomic mass is 9.76. The molecule has 0 saturated heterocycles. The van der Waals surface area contributed by atoms with Gasteiger partial charge in [0, 0.05) is 5.41 Å². The zero-order valence-electron chi connectivity index (χ0n) is 10.1. The number of aromatic nitrogens is 1. The monoisotopic (exact) mass is 228 g/mol. The highest BCUT2D eigenvalue weighted by molar-refractivity contribution is 5.51. The molecule has 3 heteroatoms. The minimum atomic E-state index is -0.0548. The summed E-state index contributed by atoms with van der Waals surface area (Å²) >= 11 is 0. The Morgan fingerprint density at radius 3 is 2.82 bits per heavy atom. The van der Waals surface area contributed by atoms with E-state index in [-0.39, 0.29) is 5.41 Å². The van der Waals surface area contributed by atoms with Crippen molar-refractivity contribution in [1.82, 2.24) is 5.16 Å². The number of rotatable bonds is 1. The van der Waals surface area contributed by atoms with E-state index in [0.717, 1.165) is 12.1 Å². The van der Waals surface area contributed by atoms with Crippen LogP contribution in [0.4, 0.5) is 5.69 Å². The number of nitrogens with two attached hydrogens (primary N) is 1. The number of benzene rings is 1. The second kappa shape index (κ2) is 3.36. The molecule has 2 aromatic rings. The van der Waals surface area contributed by atoms with Crippen LogP contribution >= 0.6 is 0 Å². The smallest absolute Gasteiger partial charge is 0.147 e. The van der Waals surface area contributed by atoms with Gasteiger partial charge in [-0.05, 0) is 23.5 Å². The standard InChI is InChI=1S/C14H16N2O/c1-9-11-6-4-3-5-10(11)7-14(9,2)13-12(15)8-17-16-13/h3-6,8-9H,7,15H2,1-2H3. The van der Waals surface area contributed by atoms with Crippen LogP contribution in [0.2, 0.25) is 0 Å². The van der Waals surface area contributed by atoms with Crippen LogP contribution in [0.15, 0.2) is 35.1 Å². The lowest BCUT2D eigenvalue weighted by molar-refractivity contribution is 0.357. The van der Waals surface area contributed by atoms with Crippen molar-refractivity contribution >= 4 is 5.69 Å². The molecular weight excluding hydrogens is 212 g/mol. The summed E-state index contributed by atoms with van der Waals surface area (Å²) in [6.45, 7) is 4.45. The second-order valence-electron chi connectivity index (χ2n) is 5.13. The maximum Gasteiger partial charge on any atom is 0.147 e. The molecule has 1 heterocycles. The van der Waals surface area contributed by atoms with Crippen LogP contribution in [-0.2, 0) is 11.8 Å². The van der Waals surface area contributed by atoms with E-state index >= 15 is 0 Å². The fraction of sp³-hybridized carbons (Fsp3) is 0.357. The Hall–Kier alpha value is -1.77. The largest absolute Gasteiger partial charge is 0.395 e. The van der Waals surface area contributed by atoms with Gasteiger partial charge in [0.15, 0.2) is 0 Å². The van der Waals surface area contributed by atoms with Crippen molar-refractivity contribution in [2.75, 3.05) is 5.73 Å². The molecule has 3 rings (SSSR count). The third-order valence-corrected chi connectivity index (χ3v) is 4.17. The first-order chi connectivity index (χ1) is 8.13. The van der Waals surface area contributed by atoms with E-state index in [4.69, 9.17) is 10.3 Å². The Labute approximate surface area is 101 Å². The third-order valence-electron chi connectivity index (χ3n) is 4.17. The zero-order chi connectivity index (χ0) is 12.0. The van der Waals surface area contributed by atoms with Gasteiger partial charge in [0.05, 0.1) is 5.69 Å². The molecule has 1 aliphatic rings. The molecule has 1 aliphatic carbocycles. The molecule has 0 spiro atoms. The highest BCUT2D eigenvalue weighted by Crippen LogP contribution is 2.49. The van der Waals surface area contributed by atoms with Crippen LogP contribution in [0.25, 0.3) is 0 Å². The normalized spacial score (nSPS) is 27.1. The first-order valence-corrected chi connectivity index (χ1v) is 5.91.